The molecule has 0 radical (unpaired) electrons. The van der Waals surface area contributed by atoms with Crippen LogP contribution in [0.15, 0.2) is 24.3 Å². The van der Waals surface area contributed by atoms with Gasteiger partial charge in [0.1, 0.15) is 10.1 Å². The minimum Gasteiger partial charge on any atom is -0.291 e. The zero-order valence-corrected chi connectivity index (χ0v) is 8.71. The van der Waals surface area contributed by atoms with E-state index < -0.39 is 0 Å². The molecule has 0 saturated heterocycles. The summed E-state index contributed by atoms with van der Waals surface area (Å²) >= 11 is 3.00. The molecule has 0 unspecified atom stereocenters. The minimum absolute atomic E-state index is 0.543. The van der Waals surface area contributed by atoms with E-state index >= 15 is 0 Å². The summed E-state index contributed by atoms with van der Waals surface area (Å²) in [4.78, 5) is 4.36. The van der Waals surface area contributed by atoms with Crippen molar-refractivity contribution in [2.75, 3.05) is 6.26 Å². The van der Waals surface area contributed by atoms with Crippen molar-refractivity contribution >= 4 is 38.4 Å². The predicted octanol–water partition coefficient (Wildman–Crippen LogP) is 2.98. The van der Waals surface area contributed by atoms with E-state index in [0.717, 1.165) is 15.2 Å². The second-order valence-corrected chi connectivity index (χ2v) is 4.37. The van der Waals surface area contributed by atoms with Crippen LogP contribution in [0.1, 0.15) is 5.01 Å². The molecule has 0 fully saturated rings. The van der Waals surface area contributed by atoms with Crippen molar-refractivity contribution in [1.29, 1.82) is 5.41 Å². The van der Waals surface area contributed by atoms with Gasteiger partial charge >= 0.3 is 0 Å². The third-order valence-corrected chi connectivity index (χ3v) is 3.48. The number of hydrogen-bond donors (Lipinski definition) is 1. The quantitative estimate of drug-likeness (QED) is 0.578. The standard InChI is InChI=1S/C9H8N2S2/c1-12-8(10)9-11-6-4-2-3-5-7(6)13-9/h2-5,10H,1H3. The molecule has 0 saturated carbocycles. The molecule has 13 heavy (non-hydrogen) atoms. The van der Waals surface area contributed by atoms with Gasteiger partial charge in [0.15, 0.2) is 0 Å². The number of nitrogens with zero attached hydrogens (tertiary/aromatic N) is 1. The minimum atomic E-state index is 0.543. The van der Waals surface area contributed by atoms with E-state index in [0.29, 0.717) is 5.04 Å². The van der Waals surface area contributed by atoms with Gasteiger partial charge in [0.05, 0.1) is 10.2 Å². The van der Waals surface area contributed by atoms with Gasteiger partial charge in [0, 0.05) is 0 Å². The fraction of sp³-hybridized carbons (Fsp3) is 0.111. The van der Waals surface area contributed by atoms with Crippen LogP contribution in [-0.4, -0.2) is 16.3 Å². The summed E-state index contributed by atoms with van der Waals surface area (Å²) in [7, 11) is 0. The average Bonchev–Trinajstić information content (AvgIpc) is 2.59. The molecule has 0 aliphatic heterocycles. The van der Waals surface area contributed by atoms with Gasteiger partial charge in [-0.05, 0) is 18.4 Å². The zero-order chi connectivity index (χ0) is 9.26. The molecule has 0 aliphatic rings. The van der Waals surface area contributed by atoms with E-state index in [1.807, 2.05) is 30.5 Å². The number of rotatable bonds is 1. The van der Waals surface area contributed by atoms with Crippen LogP contribution in [0.4, 0.5) is 0 Å². The number of aromatic nitrogens is 1. The Balaban J connectivity index is 2.56. The Kier molecular flexibility index (Phi) is 2.33. The number of nitrogens with one attached hydrogen (secondary N) is 1. The van der Waals surface area contributed by atoms with Gasteiger partial charge < -0.3 is 0 Å². The molecular formula is C9H8N2S2. The summed E-state index contributed by atoms with van der Waals surface area (Å²) in [5.41, 5.74) is 0.987. The molecule has 0 amide bonds. The van der Waals surface area contributed by atoms with E-state index in [2.05, 4.69) is 4.98 Å². The Morgan fingerprint density at radius 1 is 1.46 bits per heavy atom. The lowest BCUT2D eigenvalue weighted by Crippen LogP contribution is -1.88. The fourth-order valence-corrected chi connectivity index (χ4v) is 2.46. The van der Waals surface area contributed by atoms with Gasteiger partial charge in [-0.25, -0.2) is 4.98 Å². The van der Waals surface area contributed by atoms with Crippen molar-refractivity contribution in [1.82, 2.24) is 4.98 Å². The number of para-hydroxylation sites is 1. The second kappa shape index (κ2) is 3.47. The molecule has 1 aromatic carbocycles. The molecule has 66 valence electrons. The van der Waals surface area contributed by atoms with Gasteiger partial charge in [-0.1, -0.05) is 12.1 Å². The molecule has 2 aromatic rings. The highest BCUT2D eigenvalue weighted by atomic mass is 32.2. The van der Waals surface area contributed by atoms with Crippen molar-refractivity contribution in [3.05, 3.63) is 29.3 Å². The zero-order valence-electron chi connectivity index (χ0n) is 7.07. The first-order valence-corrected chi connectivity index (χ1v) is 5.84. The molecular weight excluding hydrogens is 200 g/mol. The Labute approximate surface area is 84.5 Å². The number of thiazole rings is 1. The van der Waals surface area contributed by atoms with E-state index in [4.69, 9.17) is 5.41 Å². The van der Waals surface area contributed by atoms with E-state index in [9.17, 15) is 0 Å². The average molecular weight is 208 g/mol. The van der Waals surface area contributed by atoms with Gasteiger partial charge in [-0.3, -0.25) is 5.41 Å². The Hall–Kier alpha value is -0.870. The maximum Gasteiger partial charge on any atom is 0.148 e. The summed E-state index contributed by atoms with van der Waals surface area (Å²) < 4.78 is 1.15. The van der Waals surface area contributed by atoms with Gasteiger partial charge in [0.25, 0.3) is 0 Å². The van der Waals surface area contributed by atoms with Crippen molar-refractivity contribution in [2.24, 2.45) is 0 Å². The SMILES string of the molecule is CSC(=N)c1nc2ccccc2s1. The predicted molar refractivity (Wildman–Crippen MR) is 60.0 cm³/mol. The fourth-order valence-electron chi connectivity index (χ4n) is 1.06. The molecule has 1 N–H and O–H groups in total. The van der Waals surface area contributed by atoms with E-state index in [-0.39, 0.29) is 0 Å². The van der Waals surface area contributed by atoms with Crippen molar-refractivity contribution in [2.45, 2.75) is 0 Å². The summed E-state index contributed by atoms with van der Waals surface area (Å²) in [5, 5.41) is 8.98. The molecule has 0 atom stereocenters. The lowest BCUT2D eigenvalue weighted by Gasteiger charge is -1.89. The molecule has 1 heterocycles. The topological polar surface area (TPSA) is 36.7 Å². The van der Waals surface area contributed by atoms with Gasteiger partial charge in [-0.15, -0.1) is 23.1 Å². The van der Waals surface area contributed by atoms with Gasteiger partial charge in [-0.2, -0.15) is 0 Å². The summed E-state index contributed by atoms with van der Waals surface area (Å²) in [5.74, 6) is 0. The summed E-state index contributed by atoms with van der Waals surface area (Å²) in [6.45, 7) is 0. The largest absolute Gasteiger partial charge is 0.291 e. The summed E-state index contributed by atoms with van der Waals surface area (Å²) in [6, 6.07) is 7.97. The van der Waals surface area contributed by atoms with Crippen LogP contribution in [0, 0.1) is 5.41 Å². The maximum absolute atomic E-state index is 7.62. The highest BCUT2D eigenvalue weighted by Crippen LogP contribution is 2.23. The van der Waals surface area contributed by atoms with E-state index in [1.165, 1.54) is 11.8 Å². The lowest BCUT2D eigenvalue weighted by atomic mass is 10.3. The smallest absolute Gasteiger partial charge is 0.148 e. The monoisotopic (exact) mass is 208 g/mol. The van der Waals surface area contributed by atoms with Crippen LogP contribution in [-0.2, 0) is 0 Å². The van der Waals surface area contributed by atoms with Crippen LogP contribution in [0.5, 0.6) is 0 Å². The summed E-state index contributed by atoms with van der Waals surface area (Å²) in [6.07, 6.45) is 1.90. The molecule has 1 aromatic heterocycles. The molecule has 0 aliphatic carbocycles. The molecule has 2 nitrogen and oxygen atoms in total. The molecule has 2 rings (SSSR count). The Morgan fingerprint density at radius 3 is 2.92 bits per heavy atom. The van der Waals surface area contributed by atoms with Crippen LogP contribution in [0.2, 0.25) is 0 Å². The number of thioether (sulfide) groups is 1. The van der Waals surface area contributed by atoms with Crippen molar-refractivity contribution < 1.29 is 0 Å². The normalized spacial score (nSPS) is 10.5. The first kappa shape index (κ1) is 8.72. The first-order chi connectivity index (χ1) is 6.31. The van der Waals surface area contributed by atoms with Crippen LogP contribution in [0.25, 0.3) is 10.2 Å². The highest BCUT2D eigenvalue weighted by Gasteiger charge is 2.06. The third-order valence-electron chi connectivity index (χ3n) is 1.69. The second-order valence-electron chi connectivity index (χ2n) is 2.52. The van der Waals surface area contributed by atoms with E-state index in [1.54, 1.807) is 11.3 Å². The first-order valence-electron chi connectivity index (χ1n) is 3.80. The van der Waals surface area contributed by atoms with Crippen molar-refractivity contribution in [3.8, 4) is 0 Å². The Morgan fingerprint density at radius 2 is 2.23 bits per heavy atom. The number of fused-ring (bicyclic) bond motifs is 1. The third kappa shape index (κ3) is 1.59. The molecule has 0 bridgehead atoms. The number of benzene rings is 1. The van der Waals surface area contributed by atoms with Gasteiger partial charge in [0.2, 0.25) is 0 Å². The highest BCUT2D eigenvalue weighted by molar-refractivity contribution is 8.14. The Bertz CT molecular complexity index is 415. The van der Waals surface area contributed by atoms with Crippen LogP contribution in [0.3, 0.4) is 0 Å². The van der Waals surface area contributed by atoms with Crippen LogP contribution >= 0.6 is 23.1 Å². The lowest BCUT2D eigenvalue weighted by molar-refractivity contribution is 1.43. The van der Waals surface area contributed by atoms with Crippen molar-refractivity contribution in [3.63, 3.8) is 0 Å². The number of hydrogen-bond acceptors (Lipinski definition) is 4. The molecule has 4 heteroatoms. The maximum atomic E-state index is 7.62. The van der Waals surface area contributed by atoms with Crippen LogP contribution < -0.4 is 0 Å². The molecule has 0 spiro atoms.